The summed E-state index contributed by atoms with van der Waals surface area (Å²) < 4.78 is 13.5. The van der Waals surface area contributed by atoms with E-state index in [4.69, 9.17) is 17.3 Å². The number of pyridine rings is 1. The van der Waals surface area contributed by atoms with Gasteiger partial charge in [0.15, 0.2) is 11.0 Å². The van der Waals surface area contributed by atoms with E-state index < -0.39 is 11.7 Å². The molecule has 2 aromatic rings. The fraction of sp³-hybridized carbons (Fsp3) is 0.294. The molecule has 1 aliphatic heterocycles. The maximum Gasteiger partial charge on any atom is 0.252 e. The van der Waals surface area contributed by atoms with Gasteiger partial charge in [-0.1, -0.05) is 11.6 Å². The van der Waals surface area contributed by atoms with Gasteiger partial charge in [-0.3, -0.25) is 4.79 Å². The Morgan fingerprint density at radius 2 is 1.88 bits per heavy atom. The van der Waals surface area contributed by atoms with Gasteiger partial charge in [0.25, 0.3) is 5.91 Å². The highest BCUT2D eigenvalue weighted by molar-refractivity contribution is 6.29. The fourth-order valence-corrected chi connectivity index (χ4v) is 2.85. The van der Waals surface area contributed by atoms with Crippen molar-refractivity contribution in [1.82, 2.24) is 9.88 Å². The van der Waals surface area contributed by atoms with Crippen LogP contribution in [0.4, 0.5) is 21.6 Å². The van der Waals surface area contributed by atoms with Gasteiger partial charge in [0.2, 0.25) is 0 Å². The number of aromatic nitrogens is 1. The number of nitrogens with one attached hydrogen (secondary N) is 1. The van der Waals surface area contributed by atoms with Gasteiger partial charge in [-0.2, -0.15) is 0 Å². The van der Waals surface area contributed by atoms with Crippen LogP contribution in [-0.2, 0) is 0 Å². The molecule has 1 fully saturated rings. The lowest BCUT2D eigenvalue weighted by molar-refractivity contribution is 0.100. The maximum atomic E-state index is 13.5. The average molecular weight is 364 g/mol. The highest BCUT2D eigenvalue weighted by Gasteiger charge is 2.16. The van der Waals surface area contributed by atoms with E-state index in [2.05, 4.69) is 27.1 Å². The molecule has 6 nitrogen and oxygen atoms in total. The molecular weight excluding hydrogens is 345 g/mol. The molecule has 1 aromatic carbocycles. The first kappa shape index (κ1) is 17.4. The molecule has 0 saturated carbocycles. The Bertz CT molecular complexity index is 775. The van der Waals surface area contributed by atoms with Crippen LogP contribution in [0.1, 0.15) is 10.4 Å². The Morgan fingerprint density at radius 1 is 1.24 bits per heavy atom. The molecule has 1 saturated heterocycles. The maximum absolute atomic E-state index is 13.5. The van der Waals surface area contributed by atoms with E-state index in [1.54, 1.807) is 0 Å². The molecule has 25 heavy (non-hydrogen) atoms. The van der Waals surface area contributed by atoms with Crippen LogP contribution in [0, 0.1) is 5.82 Å². The molecule has 132 valence electrons. The smallest absolute Gasteiger partial charge is 0.252 e. The number of likely N-dealkylation sites (N-methyl/N-ethyl adjacent to an activating group) is 1. The van der Waals surface area contributed by atoms with Gasteiger partial charge in [0, 0.05) is 37.6 Å². The van der Waals surface area contributed by atoms with E-state index in [9.17, 15) is 9.18 Å². The van der Waals surface area contributed by atoms with Crippen molar-refractivity contribution in [2.75, 3.05) is 43.4 Å². The molecule has 0 radical (unpaired) electrons. The zero-order valence-corrected chi connectivity index (χ0v) is 14.6. The number of carbonyl (C=O) groups is 1. The molecule has 0 spiro atoms. The van der Waals surface area contributed by atoms with Crippen LogP contribution >= 0.6 is 11.6 Å². The summed E-state index contributed by atoms with van der Waals surface area (Å²) in [6.45, 7) is 4.01. The van der Waals surface area contributed by atoms with Crippen molar-refractivity contribution >= 4 is 34.7 Å². The number of nitrogens with two attached hydrogens (primary N) is 1. The molecular formula is C17H19ClFN5O. The Morgan fingerprint density at radius 3 is 2.48 bits per heavy atom. The molecule has 1 amide bonds. The highest BCUT2D eigenvalue weighted by Crippen LogP contribution is 2.25. The number of anilines is 3. The molecule has 1 aromatic heterocycles. The first-order valence-electron chi connectivity index (χ1n) is 7.90. The zero-order valence-electron chi connectivity index (χ0n) is 13.8. The largest absolute Gasteiger partial charge is 0.369 e. The summed E-state index contributed by atoms with van der Waals surface area (Å²) in [6.07, 6.45) is 0. The normalized spacial score (nSPS) is 15.2. The lowest BCUT2D eigenvalue weighted by Crippen LogP contribution is -2.44. The monoisotopic (exact) mass is 363 g/mol. The Balaban J connectivity index is 1.78. The second-order valence-corrected chi connectivity index (χ2v) is 6.34. The van der Waals surface area contributed by atoms with Gasteiger partial charge in [-0.25, -0.2) is 9.37 Å². The number of rotatable bonds is 4. The third kappa shape index (κ3) is 4.00. The third-order valence-corrected chi connectivity index (χ3v) is 4.46. The second kappa shape index (κ2) is 7.25. The van der Waals surface area contributed by atoms with Crippen molar-refractivity contribution in [3.8, 4) is 0 Å². The number of piperazine rings is 1. The Labute approximate surface area is 150 Å². The van der Waals surface area contributed by atoms with Crippen molar-refractivity contribution in [2.24, 2.45) is 5.73 Å². The Kier molecular flexibility index (Phi) is 5.06. The number of halogens is 2. The molecule has 1 aliphatic rings. The summed E-state index contributed by atoms with van der Waals surface area (Å²) in [5.74, 6) is -1.43. The van der Waals surface area contributed by atoms with Crippen LogP contribution in [0.2, 0.25) is 5.15 Å². The number of benzene rings is 1. The molecule has 3 rings (SSSR count). The first-order valence-corrected chi connectivity index (χ1v) is 8.28. The number of amides is 1. The minimum absolute atomic E-state index is 0.0509. The molecule has 3 N–H and O–H groups in total. The van der Waals surface area contributed by atoms with E-state index in [0.717, 1.165) is 37.9 Å². The SMILES string of the molecule is CN1CCN(c2ccc(Nc3nc(Cl)c(F)cc3C(N)=O)cc2)CC1. The number of primary amides is 1. The zero-order chi connectivity index (χ0) is 18.0. The summed E-state index contributed by atoms with van der Waals surface area (Å²) in [6, 6.07) is 8.71. The molecule has 0 aliphatic carbocycles. The lowest BCUT2D eigenvalue weighted by Gasteiger charge is -2.34. The summed E-state index contributed by atoms with van der Waals surface area (Å²) in [4.78, 5) is 20.0. The van der Waals surface area contributed by atoms with Gasteiger partial charge >= 0.3 is 0 Å². The van der Waals surface area contributed by atoms with Gasteiger partial charge in [-0.15, -0.1) is 0 Å². The van der Waals surface area contributed by atoms with Crippen molar-refractivity contribution in [1.29, 1.82) is 0 Å². The average Bonchev–Trinajstić information content (AvgIpc) is 2.59. The van der Waals surface area contributed by atoms with Gasteiger partial charge < -0.3 is 20.9 Å². The standard InChI is InChI=1S/C17H19ClFN5O/c1-23-6-8-24(9-7-23)12-4-2-11(3-5-12)21-17-13(16(20)25)10-14(19)15(18)22-17/h2-5,10H,6-9H2,1H3,(H2,20,25)(H,21,22). The van der Waals surface area contributed by atoms with E-state index in [0.29, 0.717) is 5.69 Å². The number of hydrogen-bond donors (Lipinski definition) is 2. The second-order valence-electron chi connectivity index (χ2n) is 5.98. The van der Waals surface area contributed by atoms with Crippen LogP contribution in [0.5, 0.6) is 0 Å². The summed E-state index contributed by atoms with van der Waals surface area (Å²) >= 11 is 5.71. The van der Waals surface area contributed by atoms with E-state index in [1.165, 1.54) is 0 Å². The quantitative estimate of drug-likeness (QED) is 0.816. The highest BCUT2D eigenvalue weighted by atomic mass is 35.5. The van der Waals surface area contributed by atoms with Crippen molar-refractivity contribution in [2.45, 2.75) is 0 Å². The van der Waals surface area contributed by atoms with E-state index >= 15 is 0 Å². The van der Waals surface area contributed by atoms with Crippen molar-refractivity contribution < 1.29 is 9.18 Å². The minimum Gasteiger partial charge on any atom is -0.369 e. The van der Waals surface area contributed by atoms with Crippen LogP contribution in [0.15, 0.2) is 30.3 Å². The van der Waals surface area contributed by atoms with Gasteiger partial charge in [0.05, 0.1) is 5.56 Å². The number of hydrogen-bond acceptors (Lipinski definition) is 5. The summed E-state index contributed by atoms with van der Waals surface area (Å²) in [5, 5.41) is 2.65. The van der Waals surface area contributed by atoms with E-state index in [1.807, 2.05) is 24.3 Å². The molecule has 0 bridgehead atoms. The molecule has 0 atom stereocenters. The molecule has 8 heteroatoms. The Hall–Kier alpha value is -2.38. The third-order valence-electron chi connectivity index (χ3n) is 4.20. The van der Waals surface area contributed by atoms with Crippen LogP contribution in [0.25, 0.3) is 0 Å². The first-order chi connectivity index (χ1) is 11.9. The molecule has 0 unspecified atom stereocenters. The van der Waals surface area contributed by atoms with E-state index in [-0.39, 0.29) is 16.5 Å². The van der Waals surface area contributed by atoms with Crippen LogP contribution in [-0.4, -0.2) is 49.0 Å². The predicted molar refractivity (Wildman–Crippen MR) is 97.2 cm³/mol. The van der Waals surface area contributed by atoms with Gasteiger partial charge in [-0.05, 0) is 37.4 Å². The fourth-order valence-electron chi connectivity index (χ4n) is 2.71. The molecule has 2 heterocycles. The van der Waals surface area contributed by atoms with Crippen molar-refractivity contribution in [3.63, 3.8) is 0 Å². The summed E-state index contributed by atoms with van der Waals surface area (Å²) in [5.41, 5.74) is 7.06. The predicted octanol–water partition coefficient (Wildman–Crippen LogP) is 2.47. The topological polar surface area (TPSA) is 74.5 Å². The lowest BCUT2D eigenvalue weighted by atomic mass is 10.2. The number of nitrogens with zero attached hydrogens (tertiary/aromatic N) is 3. The van der Waals surface area contributed by atoms with Crippen LogP contribution < -0.4 is 16.0 Å². The minimum atomic E-state index is -0.786. The number of carbonyl (C=O) groups excluding carboxylic acids is 1. The van der Waals surface area contributed by atoms with Gasteiger partial charge in [0.1, 0.15) is 5.82 Å². The van der Waals surface area contributed by atoms with Crippen LogP contribution in [0.3, 0.4) is 0 Å². The summed E-state index contributed by atoms with van der Waals surface area (Å²) in [7, 11) is 2.11. The van der Waals surface area contributed by atoms with Crippen molar-refractivity contribution in [3.05, 3.63) is 46.9 Å².